The van der Waals surface area contributed by atoms with Gasteiger partial charge in [0.1, 0.15) is 10.8 Å². The van der Waals surface area contributed by atoms with Gasteiger partial charge in [-0.2, -0.15) is 0 Å². The van der Waals surface area contributed by atoms with E-state index in [1.807, 2.05) is 37.3 Å². The van der Waals surface area contributed by atoms with Gasteiger partial charge in [-0.15, -0.1) is 11.8 Å². The molecular formula is C23H22N4O4S. The van der Waals surface area contributed by atoms with Crippen LogP contribution in [0.4, 0.5) is 11.5 Å². The molecule has 1 aromatic carbocycles. The van der Waals surface area contributed by atoms with E-state index in [2.05, 4.69) is 25.3 Å². The molecule has 164 valence electrons. The van der Waals surface area contributed by atoms with E-state index < -0.39 is 11.9 Å². The van der Waals surface area contributed by atoms with Gasteiger partial charge in [0.05, 0.1) is 5.56 Å². The number of anilines is 2. The summed E-state index contributed by atoms with van der Waals surface area (Å²) in [5, 5.41) is 6.08. The van der Waals surface area contributed by atoms with Crippen LogP contribution in [0.1, 0.15) is 28.4 Å². The molecule has 0 spiro atoms. The minimum atomic E-state index is -0.532. The van der Waals surface area contributed by atoms with Crippen molar-refractivity contribution >= 4 is 41.1 Å². The summed E-state index contributed by atoms with van der Waals surface area (Å²) in [5.41, 5.74) is 3.13. The number of hydrogen-bond donors (Lipinski definition) is 2. The summed E-state index contributed by atoms with van der Waals surface area (Å²) < 4.78 is 4.67. The van der Waals surface area contributed by atoms with Gasteiger partial charge in [-0.25, -0.2) is 9.97 Å². The molecule has 2 aromatic heterocycles. The van der Waals surface area contributed by atoms with Crippen LogP contribution >= 0.6 is 11.8 Å². The van der Waals surface area contributed by atoms with E-state index >= 15 is 0 Å². The molecule has 0 saturated heterocycles. The number of amides is 2. The van der Waals surface area contributed by atoms with Gasteiger partial charge in [0.15, 0.2) is 6.61 Å². The van der Waals surface area contributed by atoms with Gasteiger partial charge >= 0.3 is 5.97 Å². The van der Waals surface area contributed by atoms with E-state index in [0.717, 1.165) is 16.8 Å². The molecule has 0 fully saturated rings. The Morgan fingerprint density at radius 1 is 1.00 bits per heavy atom. The Hall–Kier alpha value is -3.72. The molecule has 3 rings (SSSR count). The van der Waals surface area contributed by atoms with Crippen molar-refractivity contribution in [2.75, 3.05) is 17.2 Å². The fraction of sp³-hybridized carbons (Fsp3) is 0.174. The Kier molecular flexibility index (Phi) is 7.93. The number of thioether (sulfide) groups is 1. The Balaban J connectivity index is 1.64. The molecule has 8 nitrogen and oxygen atoms in total. The maximum Gasteiger partial charge on any atom is 0.303 e. The summed E-state index contributed by atoms with van der Waals surface area (Å²) in [4.78, 5) is 43.9. The lowest BCUT2D eigenvalue weighted by Crippen LogP contribution is -2.20. The number of ether oxygens (including phenoxy) is 1. The molecule has 0 bridgehead atoms. The van der Waals surface area contributed by atoms with Gasteiger partial charge in [0.2, 0.25) is 0 Å². The maximum absolute atomic E-state index is 12.8. The van der Waals surface area contributed by atoms with Crippen molar-refractivity contribution in [3.05, 3.63) is 77.6 Å². The highest BCUT2D eigenvalue weighted by Gasteiger charge is 2.14. The molecule has 2 heterocycles. The second-order valence-corrected chi connectivity index (χ2v) is 7.81. The highest BCUT2D eigenvalue weighted by molar-refractivity contribution is 7.98. The molecule has 0 atom stereocenters. The first-order valence-corrected chi connectivity index (χ1v) is 10.7. The van der Waals surface area contributed by atoms with Crippen LogP contribution in [0.25, 0.3) is 0 Å². The monoisotopic (exact) mass is 450 g/mol. The van der Waals surface area contributed by atoms with Gasteiger partial charge in [-0.3, -0.25) is 14.4 Å². The van der Waals surface area contributed by atoms with E-state index in [1.54, 1.807) is 30.6 Å². The van der Waals surface area contributed by atoms with E-state index in [4.69, 9.17) is 0 Å². The Morgan fingerprint density at radius 2 is 1.84 bits per heavy atom. The molecule has 2 N–H and O–H groups in total. The lowest BCUT2D eigenvalue weighted by atomic mass is 10.2. The van der Waals surface area contributed by atoms with Crippen LogP contribution in [0.2, 0.25) is 0 Å². The standard InChI is InChI=1S/C23H22N4O4S/c1-15-5-3-6-18(11-15)26-22(30)19-7-4-9-25-23(19)32-14-17-8-10-24-20(12-17)27-21(29)13-31-16(2)28/h3-12H,13-14H2,1-2H3,(H,26,30)(H,24,27,29). The van der Waals surface area contributed by atoms with Gasteiger partial charge in [-0.1, -0.05) is 12.1 Å². The van der Waals surface area contributed by atoms with Crippen molar-refractivity contribution in [1.29, 1.82) is 0 Å². The van der Waals surface area contributed by atoms with Gasteiger partial charge in [0.25, 0.3) is 11.8 Å². The van der Waals surface area contributed by atoms with Gasteiger partial charge < -0.3 is 15.4 Å². The van der Waals surface area contributed by atoms with Crippen LogP contribution in [-0.4, -0.2) is 34.4 Å². The number of hydrogen-bond acceptors (Lipinski definition) is 7. The number of aryl methyl sites for hydroxylation is 1. The number of aromatic nitrogens is 2. The smallest absolute Gasteiger partial charge is 0.303 e. The summed E-state index contributed by atoms with van der Waals surface area (Å²) in [6.45, 7) is 2.82. The number of carbonyl (C=O) groups is 3. The molecule has 3 aromatic rings. The molecule has 0 radical (unpaired) electrons. The van der Waals surface area contributed by atoms with Crippen LogP contribution in [0.5, 0.6) is 0 Å². The molecule has 2 amide bonds. The average molecular weight is 451 g/mol. The normalized spacial score (nSPS) is 10.3. The van der Waals surface area contributed by atoms with Crippen LogP contribution < -0.4 is 10.6 Å². The number of rotatable bonds is 8. The topological polar surface area (TPSA) is 110 Å². The van der Waals surface area contributed by atoms with E-state index in [-0.39, 0.29) is 12.5 Å². The summed E-state index contributed by atoms with van der Waals surface area (Å²) in [6, 6.07) is 14.6. The summed E-state index contributed by atoms with van der Waals surface area (Å²) in [5.74, 6) is -0.386. The predicted molar refractivity (Wildman–Crippen MR) is 122 cm³/mol. The molecule has 0 saturated carbocycles. The average Bonchev–Trinajstić information content (AvgIpc) is 2.77. The lowest BCUT2D eigenvalue weighted by Gasteiger charge is -2.10. The fourth-order valence-corrected chi connectivity index (χ4v) is 3.66. The van der Waals surface area contributed by atoms with Crippen molar-refractivity contribution in [1.82, 2.24) is 9.97 Å². The van der Waals surface area contributed by atoms with E-state index in [0.29, 0.717) is 22.2 Å². The van der Waals surface area contributed by atoms with Gasteiger partial charge in [-0.05, 0) is 54.4 Å². The molecule has 32 heavy (non-hydrogen) atoms. The zero-order valence-corrected chi connectivity index (χ0v) is 18.4. The summed E-state index contributed by atoms with van der Waals surface area (Å²) in [7, 11) is 0. The molecule has 0 aliphatic rings. The van der Waals surface area contributed by atoms with Crippen LogP contribution in [-0.2, 0) is 20.1 Å². The molecule has 0 aliphatic carbocycles. The first kappa shape index (κ1) is 23.0. The largest absolute Gasteiger partial charge is 0.456 e. The first-order valence-electron chi connectivity index (χ1n) is 9.74. The minimum absolute atomic E-state index is 0.237. The number of benzene rings is 1. The number of nitrogens with one attached hydrogen (secondary N) is 2. The quantitative estimate of drug-likeness (QED) is 0.396. The van der Waals surface area contributed by atoms with Gasteiger partial charge in [0, 0.05) is 30.8 Å². The van der Waals surface area contributed by atoms with Crippen molar-refractivity contribution in [3.63, 3.8) is 0 Å². The summed E-state index contributed by atoms with van der Waals surface area (Å²) >= 11 is 1.40. The lowest BCUT2D eigenvalue weighted by molar-refractivity contribution is -0.144. The van der Waals surface area contributed by atoms with Crippen molar-refractivity contribution in [2.45, 2.75) is 24.6 Å². The maximum atomic E-state index is 12.8. The van der Waals surface area contributed by atoms with Crippen molar-refractivity contribution in [3.8, 4) is 0 Å². The third-order valence-electron chi connectivity index (χ3n) is 4.17. The number of carbonyl (C=O) groups excluding carboxylic acids is 3. The SMILES string of the molecule is CC(=O)OCC(=O)Nc1cc(CSc2ncccc2C(=O)Nc2cccc(C)c2)ccn1. The first-order chi connectivity index (χ1) is 15.4. The second kappa shape index (κ2) is 11.1. The highest BCUT2D eigenvalue weighted by Crippen LogP contribution is 2.25. The van der Waals surface area contributed by atoms with Crippen LogP contribution in [0.3, 0.4) is 0 Å². The third kappa shape index (κ3) is 6.92. The van der Waals surface area contributed by atoms with E-state index in [9.17, 15) is 14.4 Å². The minimum Gasteiger partial charge on any atom is -0.456 e. The molecule has 0 unspecified atom stereocenters. The number of nitrogens with zero attached hydrogens (tertiary/aromatic N) is 2. The van der Waals surface area contributed by atoms with E-state index in [1.165, 1.54) is 18.7 Å². The van der Waals surface area contributed by atoms with Crippen molar-refractivity contribution in [2.24, 2.45) is 0 Å². The predicted octanol–water partition coefficient (Wildman–Crippen LogP) is 3.83. The molecule has 0 aliphatic heterocycles. The van der Waals surface area contributed by atoms with Crippen LogP contribution in [0, 0.1) is 6.92 Å². The fourth-order valence-electron chi connectivity index (χ4n) is 2.73. The number of pyridine rings is 2. The van der Waals surface area contributed by atoms with Crippen LogP contribution in [0.15, 0.2) is 66.0 Å². The Labute approximate surface area is 189 Å². The summed E-state index contributed by atoms with van der Waals surface area (Å²) in [6.07, 6.45) is 3.21. The zero-order chi connectivity index (χ0) is 22.9. The van der Waals surface area contributed by atoms with Crippen molar-refractivity contribution < 1.29 is 19.1 Å². The third-order valence-corrected chi connectivity index (χ3v) is 5.24. The Bertz CT molecular complexity index is 1140. The number of esters is 1. The molecule has 9 heteroatoms. The zero-order valence-electron chi connectivity index (χ0n) is 17.6. The molecular weight excluding hydrogens is 428 g/mol. The second-order valence-electron chi connectivity index (χ2n) is 6.85. The Morgan fingerprint density at radius 3 is 2.62 bits per heavy atom. The highest BCUT2D eigenvalue weighted by atomic mass is 32.2.